The van der Waals surface area contributed by atoms with Crippen LogP contribution in [0.1, 0.15) is 41.3 Å². The minimum Gasteiger partial charge on any atom is -0.508 e. The van der Waals surface area contributed by atoms with Crippen molar-refractivity contribution in [3.63, 3.8) is 0 Å². The molecule has 7 nitrogen and oxygen atoms in total. The average Bonchev–Trinajstić information content (AvgIpc) is 3.15. The summed E-state index contributed by atoms with van der Waals surface area (Å²) in [4.78, 5) is 15.7. The summed E-state index contributed by atoms with van der Waals surface area (Å²) in [5.41, 5.74) is 3.10. The molecule has 0 amide bonds. The van der Waals surface area contributed by atoms with Gasteiger partial charge in [0.05, 0.1) is 13.2 Å². The number of rotatable bonds is 5. The molecule has 8 heteroatoms. The molecule has 162 valence electrons. The van der Waals surface area contributed by atoms with Gasteiger partial charge in [-0.25, -0.2) is 4.57 Å². The first-order valence-corrected chi connectivity index (χ1v) is 10.8. The molecule has 1 aromatic heterocycles. The van der Waals surface area contributed by atoms with Crippen molar-refractivity contribution in [3.8, 4) is 17.1 Å². The molecular formula is C23H26N4O3S. The van der Waals surface area contributed by atoms with Gasteiger partial charge in [0.1, 0.15) is 5.75 Å². The molecule has 1 saturated heterocycles. The average molecular weight is 439 g/mol. The Balaban J connectivity index is 1.65. The third kappa shape index (κ3) is 4.66. The molecule has 3 aromatic rings. The second-order valence-electron chi connectivity index (χ2n) is 7.98. The number of aromatic nitrogens is 3. The van der Waals surface area contributed by atoms with Gasteiger partial charge in [-0.1, -0.05) is 26.0 Å². The molecule has 1 N–H and O–H groups in total. The third-order valence-corrected chi connectivity index (χ3v) is 5.73. The quantitative estimate of drug-likeness (QED) is 0.593. The number of hydrogen-bond acceptors (Lipinski definition) is 7. The number of carbonyl (C=O) groups is 1. The van der Waals surface area contributed by atoms with Crippen molar-refractivity contribution >= 4 is 18.5 Å². The summed E-state index contributed by atoms with van der Waals surface area (Å²) in [5.74, 6) is 0.501. The van der Waals surface area contributed by atoms with E-state index in [0.29, 0.717) is 17.0 Å². The number of benzene rings is 2. The van der Waals surface area contributed by atoms with E-state index in [-0.39, 0.29) is 22.7 Å². The van der Waals surface area contributed by atoms with E-state index in [1.165, 1.54) is 4.57 Å². The molecule has 0 bridgehead atoms. The summed E-state index contributed by atoms with van der Waals surface area (Å²) in [6.07, 6.45) is 0. The highest BCUT2D eigenvalue weighted by molar-refractivity contribution is 7.80. The van der Waals surface area contributed by atoms with Crippen LogP contribution in [0.4, 0.5) is 0 Å². The standard InChI is InChI=1S/C23H26N4O3S/c1-15(2)19-13-17(6-7-20(19)28)21-24-25-23(31)27(21)22(29)18-5-3-4-16(12-18)14-26-8-10-30-11-9-26/h3-7,12-13,15,28H,8-11,14H2,1-2H3,(H,25,31). The number of aromatic hydroxyl groups is 1. The summed E-state index contributed by atoms with van der Waals surface area (Å²) >= 11 is 4.37. The molecule has 1 aliphatic heterocycles. The van der Waals surface area contributed by atoms with E-state index in [1.54, 1.807) is 18.2 Å². The van der Waals surface area contributed by atoms with Crippen molar-refractivity contribution in [2.75, 3.05) is 26.3 Å². The SMILES string of the molecule is CC(C)c1cc(-c2nnc(S)n2C(=O)c2cccc(CN3CCOCC3)c2)ccc1O. The largest absolute Gasteiger partial charge is 0.508 e. The lowest BCUT2D eigenvalue weighted by Crippen LogP contribution is -2.35. The number of thiol groups is 1. The molecule has 4 rings (SSSR count). The highest BCUT2D eigenvalue weighted by Crippen LogP contribution is 2.31. The van der Waals surface area contributed by atoms with Crippen LogP contribution in [0, 0.1) is 0 Å². The molecule has 0 radical (unpaired) electrons. The second kappa shape index (κ2) is 9.21. The van der Waals surface area contributed by atoms with Gasteiger partial charge in [0.15, 0.2) is 11.0 Å². The Morgan fingerprint density at radius 3 is 2.68 bits per heavy atom. The van der Waals surface area contributed by atoms with Gasteiger partial charge in [0.2, 0.25) is 0 Å². The maximum Gasteiger partial charge on any atom is 0.265 e. The Kier molecular flexibility index (Phi) is 6.41. The van der Waals surface area contributed by atoms with Gasteiger partial charge in [-0.05, 0) is 47.4 Å². The van der Waals surface area contributed by atoms with E-state index in [0.717, 1.165) is 44.0 Å². The summed E-state index contributed by atoms with van der Waals surface area (Å²) < 4.78 is 6.82. The molecule has 0 saturated carbocycles. The minimum atomic E-state index is -0.243. The van der Waals surface area contributed by atoms with E-state index in [1.807, 2.05) is 38.1 Å². The fourth-order valence-electron chi connectivity index (χ4n) is 3.76. The van der Waals surface area contributed by atoms with Crippen molar-refractivity contribution in [2.24, 2.45) is 0 Å². The Labute approximate surface area is 187 Å². The van der Waals surface area contributed by atoms with E-state index < -0.39 is 0 Å². The zero-order valence-electron chi connectivity index (χ0n) is 17.7. The van der Waals surface area contributed by atoms with E-state index in [2.05, 4.69) is 27.7 Å². The van der Waals surface area contributed by atoms with Crippen molar-refractivity contribution in [1.82, 2.24) is 19.7 Å². The zero-order valence-corrected chi connectivity index (χ0v) is 18.5. The summed E-state index contributed by atoms with van der Waals surface area (Å²) in [6, 6.07) is 12.8. The van der Waals surface area contributed by atoms with Crippen LogP contribution in [0.5, 0.6) is 5.75 Å². The van der Waals surface area contributed by atoms with Gasteiger partial charge in [0, 0.05) is 30.8 Å². The zero-order chi connectivity index (χ0) is 22.0. The lowest BCUT2D eigenvalue weighted by molar-refractivity contribution is 0.0342. The summed E-state index contributed by atoms with van der Waals surface area (Å²) in [7, 11) is 0. The summed E-state index contributed by atoms with van der Waals surface area (Å²) in [6.45, 7) is 7.99. The number of hydrogen-bond donors (Lipinski definition) is 2. The van der Waals surface area contributed by atoms with E-state index in [4.69, 9.17) is 4.74 Å². The Hall–Kier alpha value is -2.68. The smallest absolute Gasteiger partial charge is 0.265 e. The number of nitrogens with zero attached hydrogens (tertiary/aromatic N) is 4. The van der Waals surface area contributed by atoms with Gasteiger partial charge in [-0.2, -0.15) is 0 Å². The minimum absolute atomic E-state index is 0.124. The number of carbonyl (C=O) groups excluding carboxylic acids is 1. The Morgan fingerprint density at radius 1 is 1.16 bits per heavy atom. The monoisotopic (exact) mass is 438 g/mol. The second-order valence-corrected chi connectivity index (χ2v) is 8.38. The molecule has 2 aromatic carbocycles. The molecule has 2 heterocycles. The van der Waals surface area contributed by atoms with Gasteiger partial charge in [-0.15, -0.1) is 22.8 Å². The molecule has 1 fully saturated rings. The third-order valence-electron chi connectivity index (χ3n) is 5.44. The van der Waals surface area contributed by atoms with Gasteiger partial charge >= 0.3 is 0 Å². The number of morpholine rings is 1. The van der Waals surface area contributed by atoms with Crippen LogP contribution in [0.2, 0.25) is 0 Å². The molecule has 0 aliphatic carbocycles. The Bertz CT molecular complexity index is 1090. The van der Waals surface area contributed by atoms with Crippen molar-refractivity contribution in [1.29, 1.82) is 0 Å². The summed E-state index contributed by atoms with van der Waals surface area (Å²) in [5, 5.41) is 18.6. The number of phenolic OH excluding ortho intramolecular Hbond substituents is 1. The lowest BCUT2D eigenvalue weighted by Gasteiger charge is -2.26. The van der Waals surface area contributed by atoms with E-state index in [9.17, 15) is 9.90 Å². The Morgan fingerprint density at radius 2 is 1.94 bits per heavy atom. The normalized spacial score (nSPS) is 14.8. The molecule has 31 heavy (non-hydrogen) atoms. The van der Waals surface area contributed by atoms with Crippen LogP contribution in [-0.2, 0) is 11.3 Å². The first-order valence-electron chi connectivity index (χ1n) is 10.4. The maximum absolute atomic E-state index is 13.4. The van der Waals surface area contributed by atoms with Crippen molar-refractivity contribution in [2.45, 2.75) is 31.5 Å². The van der Waals surface area contributed by atoms with Gasteiger partial charge in [0.25, 0.3) is 5.91 Å². The fraction of sp³-hybridized carbons (Fsp3) is 0.348. The highest BCUT2D eigenvalue weighted by atomic mass is 32.1. The predicted molar refractivity (Wildman–Crippen MR) is 121 cm³/mol. The molecule has 0 atom stereocenters. The number of phenols is 1. The van der Waals surface area contributed by atoms with Gasteiger partial charge < -0.3 is 9.84 Å². The highest BCUT2D eigenvalue weighted by Gasteiger charge is 2.21. The van der Waals surface area contributed by atoms with Crippen LogP contribution in [-0.4, -0.2) is 57.0 Å². The van der Waals surface area contributed by atoms with Crippen LogP contribution in [0.15, 0.2) is 47.6 Å². The van der Waals surface area contributed by atoms with Crippen LogP contribution < -0.4 is 0 Å². The fourth-order valence-corrected chi connectivity index (χ4v) is 3.99. The van der Waals surface area contributed by atoms with Crippen molar-refractivity contribution < 1.29 is 14.6 Å². The molecular weight excluding hydrogens is 412 g/mol. The first kappa shape index (κ1) is 21.5. The molecule has 1 aliphatic rings. The predicted octanol–water partition coefficient (Wildman–Crippen LogP) is 3.58. The molecule has 0 unspecified atom stereocenters. The van der Waals surface area contributed by atoms with Gasteiger partial charge in [-0.3, -0.25) is 9.69 Å². The van der Waals surface area contributed by atoms with Crippen LogP contribution >= 0.6 is 12.6 Å². The maximum atomic E-state index is 13.4. The van der Waals surface area contributed by atoms with Crippen LogP contribution in [0.3, 0.4) is 0 Å². The first-order chi connectivity index (χ1) is 14.9. The van der Waals surface area contributed by atoms with Crippen LogP contribution in [0.25, 0.3) is 11.4 Å². The number of ether oxygens (including phenoxy) is 1. The van der Waals surface area contributed by atoms with E-state index >= 15 is 0 Å². The van der Waals surface area contributed by atoms with Crippen molar-refractivity contribution in [3.05, 3.63) is 59.2 Å². The topological polar surface area (TPSA) is 80.5 Å². The lowest BCUT2D eigenvalue weighted by atomic mass is 9.99. The molecule has 0 spiro atoms.